The molecule has 4 rings (SSSR count). The van der Waals surface area contributed by atoms with E-state index in [1.165, 1.54) is 13.0 Å². The van der Waals surface area contributed by atoms with E-state index in [1.807, 2.05) is 25.8 Å². The summed E-state index contributed by atoms with van der Waals surface area (Å²) in [5, 5.41) is 17.9. The number of esters is 1. The number of nitrogens with zero attached hydrogens (tertiary/aromatic N) is 4. The Labute approximate surface area is 250 Å². The molecule has 1 fully saturated rings. The van der Waals surface area contributed by atoms with E-state index in [1.54, 1.807) is 36.4 Å². The Morgan fingerprint density at radius 2 is 1.98 bits per heavy atom. The molecule has 0 bridgehead atoms. The Hall–Kier alpha value is -4.04. The number of aromatic amines is 1. The highest BCUT2D eigenvalue weighted by molar-refractivity contribution is 7.52. The number of carbonyl (C=O) groups excluding carboxylic acids is 1. The second-order valence-corrected chi connectivity index (χ2v) is 13.0. The quantitative estimate of drug-likeness (QED) is 0.0916. The van der Waals surface area contributed by atoms with Crippen LogP contribution in [0.5, 0.6) is 5.75 Å². The minimum atomic E-state index is -4.66. The fourth-order valence-electron chi connectivity index (χ4n) is 4.27. The van der Waals surface area contributed by atoms with Crippen molar-refractivity contribution < 1.29 is 37.4 Å². The van der Waals surface area contributed by atoms with E-state index in [2.05, 4.69) is 15.1 Å². The van der Waals surface area contributed by atoms with Gasteiger partial charge < -0.3 is 19.1 Å². The third kappa shape index (κ3) is 7.36. The predicted octanol–water partition coefficient (Wildman–Crippen LogP) is 3.70. The first-order valence-electron chi connectivity index (χ1n) is 13.4. The smallest absolute Gasteiger partial charge is 0.459 e. The Kier molecular flexibility index (Phi) is 9.64. The van der Waals surface area contributed by atoms with Crippen molar-refractivity contribution in [3.8, 4) is 5.75 Å². The molecule has 17 heteroatoms. The summed E-state index contributed by atoms with van der Waals surface area (Å²) in [6, 6.07) is 11.6. The average Bonchev–Trinajstić information content (AvgIpc) is 3.20. The third-order valence-electron chi connectivity index (χ3n) is 6.46. The molecule has 3 N–H and O–H groups in total. The van der Waals surface area contributed by atoms with Gasteiger partial charge in [-0.05, 0) is 29.3 Å². The van der Waals surface area contributed by atoms with Crippen LogP contribution in [0.4, 0.5) is 4.39 Å². The summed E-state index contributed by atoms with van der Waals surface area (Å²) in [5.74, 6) is -0.700. The van der Waals surface area contributed by atoms with E-state index in [9.17, 15) is 29.6 Å². The van der Waals surface area contributed by atoms with Crippen LogP contribution in [-0.2, 0) is 23.4 Å². The van der Waals surface area contributed by atoms with Gasteiger partial charge in [0.2, 0.25) is 5.72 Å². The molecule has 1 aliphatic rings. The van der Waals surface area contributed by atoms with Gasteiger partial charge in [0.05, 0.1) is 13.2 Å². The molecule has 6 atom stereocenters. The molecule has 15 nitrogen and oxygen atoms in total. The van der Waals surface area contributed by atoms with Crippen LogP contribution in [0.25, 0.3) is 21.2 Å². The monoisotopic (exact) mass is 634 g/mol. The molecule has 3 aromatic rings. The lowest BCUT2D eigenvalue weighted by molar-refractivity contribution is -0.148. The van der Waals surface area contributed by atoms with Gasteiger partial charge in [0.1, 0.15) is 17.9 Å². The minimum absolute atomic E-state index is 0.0522. The molecule has 0 saturated carbocycles. The number of alkyl halides is 1. The number of H-pyrrole nitrogens is 1. The number of rotatable bonds is 11. The number of benzene rings is 2. The number of fused-ring (bicyclic) bond motifs is 1. The van der Waals surface area contributed by atoms with E-state index < -0.39 is 61.8 Å². The topological polar surface area (TPSA) is 207 Å². The van der Waals surface area contributed by atoms with E-state index in [4.69, 9.17) is 18.5 Å². The number of aliphatic hydroxyl groups is 1. The standard InChI is InChI=1S/C27H32FN6O9P/c1-16(24(37)40-14-26(2,3)4)31-44(39,43-19-11-7-9-17-8-5-6-10-18(17)19)41-15-27(32-33-29)22(36)21(28)23(42-27)34-13-12-20(35)30-25(34)38/h5-13,16,21-23,36H,14-15H2,1-4H3,(H,31,39)(H,30,35,38)/t16-,21+,22-,23+,27+,44?/m0/s1. The van der Waals surface area contributed by atoms with Crippen LogP contribution in [0.2, 0.25) is 0 Å². The molecule has 44 heavy (non-hydrogen) atoms. The van der Waals surface area contributed by atoms with E-state index in [0.717, 1.165) is 17.6 Å². The Bertz CT molecular complexity index is 1730. The molecule has 1 aliphatic heterocycles. The summed E-state index contributed by atoms with van der Waals surface area (Å²) < 4.78 is 52.5. The number of halogens is 1. The minimum Gasteiger partial charge on any atom is -0.464 e. The van der Waals surface area contributed by atoms with Crippen LogP contribution in [0.1, 0.15) is 33.9 Å². The number of ether oxygens (including phenoxy) is 2. The van der Waals surface area contributed by atoms with Crippen LogP contribution < -0.4 is 20.9 Å². The van der Waals surface area contributed by atoms with Crippen molar-refractivity contribution in [1.29, 1.82) is 0 Å². The summed E-state index contributed by atoms with van der Waals surface area (Å²) in [6.07, 6.45) is -5.55. The summed E-state index contributed by atoms with van der Waals surface area (Å²) >= 11 is 0. The zero-order valence-electron chi connectivity index (χ0n) is 24.2. The normalized spacial score (nSPS) is 23.8. The van der Waals surface area contributed by atoms with Crippen molar-refractivity contribution >= 4 is 24.5 Å². The number of azide groups is 1. The lowest BCUT2D eigenvalue weighted by Crippen LogP contribution is -2.45. The van der Waals surface area contributed by atoms with Gasteiger partial charge in [-0.2, -0.15) is 5.09 Å². The number of aliphatic hydroxyl groups excluding tert-OH is 1. The first-order valence-corrected chi connectivity index (χ1v) is 15.0. The second-order valence-electron chi connectivity index (χ2n) is 11.3. The molecule has 0 spiro atoms. The van der Waals surface area contributed by atoms with Crippen molar-refractivity contribution in [1.82, 2.24) is 14.6 Å². The van der Waals surface area contributed by atoms with E-state index in [0.29, 0.717) is 9.95 Å². The maximum atomic E-state index is 15.4. The van der Waals surface area contributed by atoms with Crippen LogP contribution in [0.15, 0.2) is 69.4 Å². The second kappa shape index (κ2) is 12.9. The Balaban J connectivity index is 1.66. The average molecular weight is 635 g/mol. The number of carbonyl (C=O) groups is 1. The lowest BCUT2D eigenvalue weighted by atomic mass is 9.99. The number of aromatic nitrogens is 2. The summed E-state index contributed by atoms with van der Waals surface area (Å²) in [5.41, 5.74) is 4.51. The van der Waals surface area contributed by atoms with Gasteiger partial charge in [-0.25, -0.2) is 13.8 Å². The van der Waals surface area contributed by atoms with Crippen molar-refractivity contribution in [3.05, 3.63) is 86.0 Å². The molecule has 0 amide bonds. The molecule has 0 aliphatic carbocycles. The van der Waals surface area contributed by atoms with Gasteiger partial charge in [-0.15, -0.1) is 0 Å². The van der Waals surface area contributed by atoms with Gasteiger partial charge in [-0.1, -0.05) is 62.3 Å². The van der Waals surface area contributed by atoms with Gasteiger partial charge >= 0.3 is 19.4 Å². The van der Waals surface area contributed by atoms with Crippen molar-refractivity contribution in [3.63, 3.8) is 0 Å². The van der Waals surface area contributed by atoms with Gasteiger partial charge in [0.15, 0.2) is 12.4 Å². The Morgan fingerprint density at radius 3 is 2.66 bits per heavy atom. The SMILES string of the molecule is C[C@H](NP(=O)(OC[C@@]1(N=[N+]=[N-])O[C@@H](n2ccc(=O)[nH]c2=O)[C@H](F)[C@@H]1O)Oc1cccc2ccccc12)C(=O)OCC(C)(C)C. The molecule has 1 saturated heterocycles. The highest BCUT2D eigenvalue weighted by Crippen LogP contribution is 2.49. The van der Waals surface area contributed by atoms with E-state index >= 15 is 4.39 Å². The van der Waals surface area contributed by atoms with Gasteiger partial charge in [0.25, 0.3) is 5.56 Å². The van der Waals surface area contributed by atoms with Crippen molar-refractivity contribution in [2.75, 3.05) is 13.2 Å². The largest absolute Gasteiger partial charge is 0.464 e. The van der Waals surface area contributed by atoms with Crippen LogP contribution in [-0.4, -0.2) is 57.9 Å². The first kappa shape index (κ1) is 32.9. The molecule has 0 radical (unpaired) electrons. The molecular formula is C27H32FN6O9P. The molecule has 2 aromatic carbocycles. The summed E-state index contributed by atoms with van der Waals surface area (Å²) in [7, 11) is -4.66. The maximum absolute atomic E-state index is 15.4. The fourth-order valence-corrected chi connectivity index (χ4v) is 5.80. The third-order valence-corrected chi connectivity index (χ3v) is 8.07. The van der Waals surface area contributed by atoms with Crippen LogP contribution in [0.3, 0.4) is 0 Å². The molecular weight excluding hydrogens is 602 g/mol. The Morgan fingerprint density at radius 1 is 1.27 bits per heavy atom. The maximum Gasteiger partial charge on any atom is 0.459 e. The van der Waals surface area contributed by atoms with Crippen molar-refractivity contribution in [2.45, 2.75) is 58.0 Å². The highest BCUT2D eigenvalue weighted by atomic mass is 31.2. The molecule has 1 unspecified atom stereocenters. The van der Waals surface area contributed by atoms with E-state index in [-0.39, 0.29) is 17.8 Å². The first-order chi connectivity index (χ1) is 20.7. The predicted molar refractivity (Wildman–Crippen MR) is 155 cm³/mol. The zero-order valence-corrected chi connectivity index (χ0v) is 25.1. The highest BCUT2D eigenvalue weighted by Gasteiger charge is 2.57. The zero-order chi connectivity index (χ0) is 32.3. The van der Waals surface area contributed by atoms with Crippen LogP contribution >= 0.6 is 7.75 Å². The number of hydrogen-bond acceptors (Lipinski definition) is 10. The van der Waals surface area contributed by atoms with Gasteiger partial charge in [-0.3, -0.25) is 23.7 Å². The lowest BCUT2D eigenvalue weighted by Gasteiger charge is -2.30. The van der Waals surface area contributed by atoms with Crippen LogP contribution in [0, 0.1) is 5.41 Å². The fraction of sp³-hybridized carbons (Fsp3) is 0.444. The number of nitrogens with one attached hydrogen (secondary N) is 2. The molecule has 2 heterocycles. The molecule has 236 valence electrons. The number of hydrogen-bond donors (Lipinski definition) is 3. The van der Waals surface area contributed by atoms with Gasteiger partial charge in [0, 0.05) is 22.6 Å². The summed E-state index contributed by atoms with van der Waals surface area (Å²) in [6.45, 7) is 5.90. The van der Waals surface area contributed by atoms with Crippen molar-refractivity contribution in [2.24, 2.45) is 10.5 Å². The summed E-state index contributed by atoms with van der Waals surface area (Å²) in [4.78, 5) is 41.1. The molecule has 1 aromatic heterocycles.